The summed E-state index contributed by atoms with van der Waals surface area (Å²) in [7, 11) is 1.57. The first-order valence-corrected chi connectivity index (χ1v) is 7.07. The molecular weight excluding hydrogens is 292 g/mol. The Labute approximate surface area is 134 Å². The molecule has 2 aromatic rings. The Kier molecular flexibility index (Phi) is 5.01. The Morgan fingerprint density at radius 3 is 2.30 bits per heavy atom. The molecule has 0 fully saturated rings. The molecule has 0 radical (unpaired) electrons. The van der Waals surface area contributed by atoms with Gasteiger partial charge >= 0.3 is 0 Å². The van der Waals surface area contributed by atoms with Crippen LogP contribution < -0.4 is 15.2 Å². The maximum atomic E-state index is 9.53. The molecule has 0 aliphatic heterocycles. The van der Waals surface area contributed by atoms with Crippen LogP contribution in [0.4, 0.5) is 5.82 Å². The molecule has 2 rings (SSSR count). The van der Waals surface area contributed by atoms with Gasteiger partial charge in [-0.25, -0.2) is 0 Å². The van der Waals surface area contributed by atoms with Crippen LogP contribution in [-0.2, 0) is 0 Å². The molecular formula is C17H16N4O2. The summed E-state index contributed by atoms with van der Waals surface area (Å²) in [6.07, 6.45) is 0.768. The average Bonchev–Trinajstić information content (AvgIpc) is 2.59. The predicted molar refractivity (Wildman–Crippen MR) is 85.9 cm³/mol. The van der Waals surface area contributed by atoms with Crippen molar-refractivity contribution in [3.63, 3.8) is 0 Å². The predicted octanol–water partition coefficient (Wildman–Crippen LogP) is 2.87. The number of methoxy groups -OCH3 is 1. The zero-order chi connectivity index (χ0) is 16.8. The Morgan fingerprint density at radius 2 is 1.78 bits per heavy atom. The fourth-order valence-corrected chi connectivity index (χ4v) is 2.15. The lowest BCUT2D eigenvalue weighted by Gasteiger charge is -2.13. The number of nitriles is 2. The minimum atomic E-state index is 0.0448. The summed E-state index contributed by atoms with van der Waals surface area (Å²) in [5.41, 5.74) is 7.34. The van der Waals surface area contributed by atoms with Gasteiger partial charge in [0.2, 0.25) is 5.88 Å². The highest BCUT2D eigenvalue weighted by Crippen LogP contribution is 2.35. The van der Waals surface area contributed by atoms with Crippen molar-refractivity contribution in [2.75, 3.05) is 19.5 Å². The van der Waals surface area contributed by atoms with Crippen LogP contribution in [0.25, 0.3) is 11.1 Å². The quantitative estimate of drug-likeness (QED) is 0.910. The summed E-state index contributed by atoms with van der Waals surface area (Å²) in [6.45, 7) is 2.36. The molecule has 2 N–H and O–H groups in total. The molecule has 116 valence electrons. The minimum Gasteiger partial charge on any atom is -0.497 e. The Bertz CT molecular complexity index is 786. The monoisotopic (exact) mass is 308 g/mol. The molecule has 1 aromatic carbocycles. The summed E-state index contributed by atoms with van der Waals surface area (Å²) in [5, 5.41) is 18.9. The highest BCUT2D eigenvalue weighted by molar-refractivity contribution is 5.82. The second-order valence-electron chi connectivity index (χ2n) is 4.73. The first-order chi connectivity index (χ1) is 11.2. The van der Waals surface area contributed by atoms with E-state index in [1.165, 1.54) is 0 Å². The second kappa shape index (κ2) is 7.15. The molecule has 6 heteroatoms. The summed E-state index contributed by atoms with van der Waals surface area (Å²) in [6, 6.07) is 11.1. The van der Waals surface area contributed by atoms with E-state index in [0.717, 1.165) is 6.42 Å². The standard InChI is InChI=1S/C17H16N4O2/c1-3-8-23-17-14(10-19)15(13(9-18)16(20)21-17)11-4-6-12(22-2)7-5-11/h4-7H,3,8H2,1-2H3,(H2,20,21). The van der Waals surface area contributed by atoms with Gasteiger partial charge in [-0.15, -0.1) is 0 Å². The first-order valence-electron chi connectivity index (χ1n) is 7.07. The molecule has 6 nitrogen and oxygen atoms in total. The van der Waals surface area contributed by atoms with E-state index in [2.05, 4.69) is 11.1 Å². The maximum absolute atomic E-state index is 9.53. The Balaban J connectivity index is 2.70. The molecule has 1 aromatic heterocycles. The van der Waals surface area contributed by atoms with E-state index in [-0.39, 0.29) is 22.8 Å². The third-order valence-electron chi connectivity index (χ3n) is 3.24. The van der Waals surface area contributed by atoms with Crippen LogP contribution in [0.15, 0.2) is 24.3 Å². The van der Waals surface area contributed by atoms with Crippen LogP contribution in [0.3, 0.4) is 0 Å². The van der Waals surface area contributed by atoms with E-state index in [0.29, 0.717) is 23.5 Å². The van der Waals surface area contributed by atoms with Crippen LogP contribution in [0.1, 0.15) is 24.5 Å². The number of hydrogen-bond donors (Lipinski definition) is 1. The van der Waals surface area contributed by atoms with Gasteiger partial charge < -0.3 is 15.2 Å². The summed E-state index contributed by atoms with van der Waals surface area (Å²) in [5.74, 6) is 0.871. The van der Waals surface area contributed by atoms with Crippen molar-refractivity contribution in [3.05, 3.63) is 35.4 Å². The van der Waals surface area contributed by atoms with Gasteiger partial charge in [0.1, 0.15) is 34.8 Å². The molecule has 0 aliphatic carbocycles. The van der Waals surface area contributed by atoms with Crippen LogP contribution in [-0.4, -0.2) is 18.7 Å². The normalized spacial score (nSPS) is 9.74. The van der Waals surface area contributed by atoms with E-state index < -0.39 is 0 Å². The number of ether oxygens (including phenoxy) is 2. The van der Waals surface area contributed by atoms with Gasteiger partial charge in [-0.05, 0) is 24.1 Å². The number of hydrogen-bond acceptors (Lipinski definition) is 6. The molecule has 23 heavy (non-hydrogen) atoms. The number of nitrogens with two attached hydrogens (primary N) is 1. The molecule has 0 bridgehead atoms. The SMILES string of the molecule is CCCOc1nc(N)c(C#N)c(-c2ccc(OC)cc2)c1C#N. The van der Waals surface area contributed by atoms with Crippen LogP contribution in [0.5, 0.6) is 11.6 Å². The largest absolute Gasteiger partial charge is 0.497 e. The van der Waals surface area contributed by atoms with Crippen molar-refractivity contribution in [2.45, 2.75) is 13.3 Å². The molecule has 0 amide bonds. The third-order valence-corrected chi connectivity index (χ3v) is 3.24. The van der Waals surface area contributed by atoms with Gasteiger partial charge in [-0.2, -0.15) is 15.5 Å². The number of rotatable bonds is 5. The minimum absolute atomic E-state index is 0.0448. The maximum Gasteiger partial charge on any atom is 0.234 e. The van der Waals surface area contributed by atoms with Crippen molar-refractivity contribution in [1.82, 2.24) is 4.98 Å². The molecule has 0 aliphatic rings. The van der Waals surface area contributed by atoms with Crippen LogP contribution in [0, 0.1) is 22.7 Å². The lowest BCUT2D eigenvalue weighted by Crippen LogP contribution is -2.06. The topological polar surface area (TPSA) is 105 Å². The Hall–Kier alpha value is -3.25. The van der Waals surface area contributed by atoms with Crippen molar-refractivity contribution in [3.8, 4) is 34.9 Å². The van der Waals surface area contributed by atoms with E-state index in [9.17, 15) is 10.5 Å². The number of anilines is 1. The van der Waals surface area contributed by atoms with Gasteiger partial charge in [0.05, 0.1) is 13.7 Å². The van der Waals surface area contributed by atoms with Crippen molar-refractivity contribution in [2.24, 2.45) is 0 Å². The molecule has 0 unspecified atom stereocenters. The number of aromatic nitrogens is 1. The fraction of sp³-hybridized carbons (Fsp3) is 0.235. The molecule has 0 saturated heterocycles. The zero-order valence-corrected chi connectivity index (χ0v) is 13.0. The highest BCUT2D eigenvalue weighted by Gasteiger charge is 2.21. The first kappa shape index (κ1) is 16.1. The van der Waals surface area contributed by atoms with Crippen LogP contribution >= 0.6 is 0 Å². The fourth-order valence-electron chi connectivity index (χ4n) is 2.15. The summed E-state index contributed by atoms with van der Waals surface area (Å²) < 4.78 is 10.6. The highest BCUT2D eigenvalue weighted by atomic mass is 16.5. The lowest BCUT2D eigenvalue weighted by atomic mass is 9.96. The summed E-state index contributed by atoms with van der Waals surface area (Å²) in [4.78, 5) is 4.06. The Morgan fingerprint density at radius 1 is 1.13 bits per heavy atom. The van der Waals surface area contributed by atoms with Gasteiger partial charge in [0.15, 0.2) is 0 Å². The van der Waals surface area contributed by atoms with Crippen LogP contribution in [0.2, 0.25) is 0 Å². The molecule has 0 atom stereocenters. The molecule has 0 spiro atoms. The van der Waals surface area contributed by atoms with Crippen molar-refractivity contribution >= 4 is 5.82 Å². The number of pyridine rings is 1. The number of nitrogen functional groups attached to an aromatic ring is 1. The smallest absolute Gasteiger partial charge is 0.234 e. The number of nitrogens with zero attached hydrogens (tertiary/aromatic N) is 3. The van der Waals surface area contributed by atoms with Gasteiger partial charge in [0.25, 0.3) is 0 Å². The van der Waals surface area contributed by atoms with Crippen molar-refractivity contribution < 1.29 is 9.47 Å². The third kappa shape index (κ3) is 3.17. The number of benzene rings is 1. The lowest BCUT2D eigenvalue weighted by molar-refractivity contribution is 0.305. The van der Waals surface area contributed by atoms with E-state index in [1.807, 2.05) is 13.0 Å². The van der Waals surface area contributed by atoms with Crippen molar-refractivity contribution in [1.29, 1.82) is 10.5 Å². The van der Waals surface area contributed by atoms with Gasteiger partial charge in [-0.3, -0.25) is 0 Å². The molecule has 1 heterocycles. The zero-order valence-electron chi connectivity index (χ0n) is 13.0. The van der Waals surface area contributed by atoms with E-state index >= 15 is 0 Å². The molecule has 0 saturated carbocycles. The van der Waals surface area contributed by atoms with E-state index in [4.69, 9.17) is 15.2 Å². The van der Waals surface area contributed by atoms with E-state index in [1.54, 1.807) is 31.4 Å². The second-order valence-corrected chi connectivity index (χ2v) is 4.73. The van der Waals surface area contributed by atoms with Gasteiger partial charge in [-0.1, -0.05) is 19.1 Å². The summed E-state index contributed by atoms with van der Waals surface area (Å²) >= 11 is 0. The van der Waals surface area contributed by atoms with Gasteiger partial charge in [0, 0.05) is 5.56 Å². The average molecular weight is 308 g/mol.